The fraction of sp³-hybridized carbons (Fsp3) is 0.269. The molecule has 5 aromatic rings. The molecule has 210 valence electrons. The van der Waals surface area contributed by atoms with E-state index in [1.807, 2.05) is 0 Å². The van der Waals surface area contributed by atoms with Gasteiger partial charge in [-0.15, -0.1) is 0 Å². The van der Waals surface area contributed by atoms with Crippen LogP contribution in [0.2, 0.25) is 0 Å². The van der Waals surface area contributed by atoms with Crippen LogP contribution in [0.25, 0.3) is 17.2 Å². The molecule has 0 saturated carbocycles. The molecule has 1 amide bonds. The fourth-order valence-electron chi connectivity index (χ4n) is 5.26. The number of alkyl halides is 5. The number of halogens is 5. The largest absolute Gasteiger partial charge is 0.418 e. The quantitative estimate of drug-likeness (QED) is 0.299. The molecule has 10 nitrogen and oxygen atoms in total. The van der Waals surface area contributed by atoms with Gasteiger partial charge < -0.3 is 5.32 Å². The number of aryl methyl sites for hydroxylation is 1. The van der Waals surface area contributed by atoms with Gasteiger partial charge >= 0.3 is 12.7 Å². The number of nitrogens with one attached hydrogen (secondary N) is 1. The van der Waals surface area contributed by atoms with Gasteiger partial charge in [0.15, 0.2) is 11.5 Å². The zero-order valence-electron chi connectivity index (χ0n) is 21.4. The first kappa shape index (κ1) is 26.4. The highest BCUT2D eigenvalue weighted by molar-refractivity contribution is 5.97. The molecule has 6 rings (SSSR count). The zero-order valence-corrected chi connectivity index (χ0v) is 21.4. The number of nitrogens with zero attached hydrogens (tertiary/aromatic N) is 8. The molecule has 1 aliphatic carbocycles. The number of hydrogen-bond donors (Lipinski definition) is 1. The maximum Gasteiger partial charge on any atom is 0.418 e. The van der Waals surface area contributed by atoms with Gasteiger partial charge in [0.1, 0.15) is 5.69 Å². The van der Waals surface area contributed by atoms with Gasteiger partial charge in [-0.05, 0) is 38.5 Å². The van der Waals surface area contributed by atoms with Crippen LogP contribution in [0.3, 0.4) is 0 Å². The van der Waals surface area contributed by atoms with Crippen LogP contribution in [0, 0.1) is 6.92 Å². The molecule has 0 spiro atoms. The molecule has 1 N–H and O–H groups in total. The number of carbonyl (C=O) groups excluding carboxylic acids is 1. The molecule has 5 heterocycles. The van der Waals surface area contributed by atoms with Crippen molar-refractivity contribution in [2.75, 3.05) is 5.32 Å². The summed E-state index contributed by atoms with van der Waals surface area (Å²) in [5, 5.41) is 11.1. The lowest BCUT2D eigenvalue weighted by atomic mass is 9.82. The second-order valence-corrected chi connectivity index (χ2v) is 9.84. The highest BCUT2D eigenvalue weighted by Crippen LogP contribution is 2.49. The van der Waals surface area contributed by atoms with E-state index < -0.39 is 41.2 Å². The van der Waals surface area contributed by atoms with E-state index in [4.69, 9.17) is 0 Å². The number of amides is 1. The van der Waals surface area contributed by atoms with E-state index in [0.717, 1.165) is 18.5 Å². The van der Waals surface area contributed by atoms with Crippen LogP contribution in [-0.4, -0.2) is 45.2 Å². The summed E-state index contributed by atoms with van der Waals surface area (Å²) in [5.41, 5.74) is -0.456. The number of aromatic nitrogens is 8. The molecule has 5 aromatic heterocycles. The fourth-order valence-corrected chi connectivity index (χ4v) is 5.26. The Morgan fingerprint density at radius 2 is 1.85 bits per heavy atom. The Balaban J connectivity index is 1.40. The number of pyridine rings is 1. The predicted octanol–water partition coefficient (Wildman–Crippen LogP) is 4.93. The molecule has 0 aliphatic heterocycles. The van der Waals surface area contributed by atoms with Crippen molar-refractivity contribution in [3.8, 4) is 11.5 Å². The van der Waals surface area contributed by atoms with Crippen molar-refractivity contribution < 1.29 is 26.7 Å². The van der Waals surface area contributed by atoms with Gasteiger partial charge in [0.05, 0.1) is 45.9 Å². The van der Waals surface area contributed by atoms with E-state index in [2.05, 4.69) is 35.5 Å². The highest BCUT2D eigenvalue weighted by atomic mass is 19.4. The van der Waals surface area contributed by atoms with Crippen LogP contribution < -0.4 is 5.32 Å². The van der Waals surface area contributed by atoms with Crippen molar-refractivity contribution in [1.82, 2.24) is 39.3 Å². The van der Waals surface area contributed by atoms with Crippen LogP contribution in [0.5, 0.6) is 0 Å². The SMILES string of the molecule is Cc1cc2ncc3c(n2n1)[C@](C)(c1ccn(C(F)F)n1)C[C@H]3C(=O)Nc1cnc(-c2ncccn2)c(C(F)(F)F)c1. The van der Waals surface area contributed by atoms with Gasteiger partial charge in [0.2, 0.25) is 5.91 Å². The molecular weight excluding hydrogens is 549 g/mol. The number of rotatable bonds is 5. The van der Waals surface area contributed by atoms with Crippen molar-refractivity contribution in [3.63, 3.8) is 0 Å². The Labute approximate surface area is 228 Å². The Hall–Kier alpha value is -4.82. The van der Waals surface area contributed by atoms with Crippen LogP contribution in [-0.2, 0) is 16.4 Å². The Morgan fingerprint density at radius 1 is 1.10 bits per heavy atom. The van der Waals surface area contributed by atoms with Gasteiger partial charge in [-0.25, -0.2) is 24.1 Å². The van der Waals surface area contributed by atoms with Gasteiger partial charge in [-0.3, -0.25) is 9.78 Å². The molecule has 0 aromatic carbocycles. The molecule has 2 atom stereocenters. The maximum atomic E-state index is 14.0. The third kappa shape index (κ3) is 4.46. The van der Waals surface area contributed by atoms with Crippen LogP contribution in [0.4, 0.5) is 27.6 Å². The number of fused-ring (bicyclic) bond motifs is 3. The summed E-state index contributed by atoms with van der Waals surface area (Å²) in [7, 11) is 0. The first-order valence-corrected chi connectivity index (χ1v) is 12.3. The Kier molecular flexibility index (Phi) is 6.04. The summed E-state index contributed by atoms with van der Waals surface area (Å²) < 4.78 is 70.7. The van der Waals surface area contributed by atoms with Crippen molar-refractivity contribution in [3.05, 3.63) is 83.5 Å². The normalized spacial score (nSPS) is 18.7. The lowest BCUT2D eigenvalue weighted by Crippen LogP contribution is -2.26. The van der Waals surface area contributed by atoms with E-state index in [1.165, 1.54) is 30.7 Å². The van der Waals surface area contributed by atoms with Crippen LogP contribution in [0.15, 0.2) is 55.2 Å². The zero-order chi connectivity index (χ0) is 29.1. The maximum absolute atomic E-state index is 14.0. The lowest BCUT2D eigenvalue weighted by Gasteiger charge is -2.24. The minimum atomic E-state index is -4.81. The second-order valence-electron chi connectivity index (χ2n) is 9.84. The van der Waals surface area contributed by atoms with Crippen LogP contribution in [0.1, 0.15) is 54.0 Å². The third-order valence-corrected chi connectivity index (χ3v) is 7.07. The molecule has 0 fully saturated rings. The average molecular weight is 569 g/mol. The first-order chi connectivity index (χ1) is 19.5. The van der Waals surface area contributed by atoms with E-state index in [-0.39, 0.29) is 23.6 Å². The second kappa shape index (κ2) is 9.38. The van der Waals surface area contributed by atoms with Gasteiger partial charge in [-0.1, -0.05) is 0 Å². The molecule has 41 heavy (non-hydrogen) atoms. The van der Waals surface area contributed by atoms with E-state index in [9.17, 15) is 26.7 Å². The van der Waals surface area contributed by atoms with Gasteiger partial charge in [0, 0.05) is 36.4 Å². The Bertz CT molecular complexity index is 1780. The van der Waals surface area contributed by atoms with Crippen molar-refractivity contribution >= 4 is 17.2 Å². The molecule has 0 bridgehead atoms. The Morgan fingerprint density at radius 3 is 2.54 bits per heavy atom. The van der Waals surface area contributed by atoms with Crippen LogP contribution >= 0.6 is 0 Å². The van der Waals surface area contributed by atoms with Gasteiger partial charge in [-0.2, -0.15) is 32.1 Å². The highest BCUT2D eigenvalue weighted by Gasteiger charge is 2.48. The average Bonchev–Trinajstić information content (AvgIpc) is 3.64. The minimum Gasteiger partial charge on any atom is -0.324 e. The molecule has 0 radical (unpaired) electrons. The number of hydrogen-bond acceptors (Lipinski definition) is 7. The first-order valence-electron chi connectivity index (χ1n) is 12.3. The number of carbonyl (C=O) groups is 1. The lowest BCUT2D eigenvalue weighted by molar-refractivity contribution is -0.137. The van der Waals surface area contributed by atoms with E-state index in [1.54, 1.807) is 24.4 Å². The monoisotopic (exact) mass is 569 g/mol. The topological polar surface area (TPSA) is 116 Å². The smallest absolute Gasteiger partial charge is 0.324 e. The summed E-state index contributed by atoms with van der Waals surface area (Å²) in [4.78, 5) is 29.6. The standard InChI is InChI=1S/C26H20F5N9O/c1-13-8-19-34-12-16-15(10-25(2,21(16)40(19)37-13)18-4-7-39(38-18)24(27)28)23(41)36-14-9-17(26(29,30)31)20(35-11-14)22-32-5-3-6-33-22/h3-9,11-12,15,24H,10H2,1-2H3,(H,36,41)/t15-,25+/m1/s1. The molecule has 0 unspecified atom stereocenters. The molecule has 1 aliphatic rings. The predicted molar refractivity (Wildman–Crippen MR) is 134 cm³/mol. The van der Waals surface area contributed by atoms with Gasteiger partial charge in [0.25, 0.3) is 0 Å². The van der Waals surface area contributed by atoms with E-state index in [0.29, 0.717) is 27.3 Å². The summed E-state index contributed by atoms with van der Waals surface area (Å²) in [6.45, 7) is 0.653. The van der Waals surface area contributed by atoms with E-state index >= 15 is 0 Å². The molecule has 15 heteroatoms. The number of anilines is 1. The summed E-state index contributed by atoms with van der Waals surface area (Å²) in [6, 6.07) is 5.41. The summed E-state index contributed by atoms with van der Waals surface area (Å²) >= 11 is 0. The molecule has 0 saturated heterocycles. The minimum absolute atomic E-state index is 0.0730. The van der Waals surface area contributed by atoms with Crippen molar-refractivity contribution in [2.24, 2.45) is 0 Å². The third-order valence-electron chi connectivity index (χ3n) is 7.07. The van der Waals surface area contributed by atoms with Crippen molar-refractivity contribution in [2.45, 2.75) is 44.3 Å². The summed E-state index contributed by atoms with van der Waals surface area (Å²) in [6.07, 6.45) is 1.60. The summed E-state index contributed by atoms with van der Waals surface area (Å²) in [5.74, 6) is -1.77. The van der Waals surface area contributed by atoms with Crippen molar-refractivity contribution in [1.29, 1.82) is 0 Å². The molecular formula is C26H20F5N9O.